The molecular weight excluding hydrogens is 1500 g/mol. The Morgan fingerprint density at radius 1 is 0.458 bits per heavy atom. The zero-order chi connectivity index (χ0) is 65.2. The first-order valence-electron chi connectivity index (χ1n) is 23.6. The minimum atomic E-state index is -5.56. The fourth-order valence-electron chi connectivity index (χ4n) is 7.12. The van der Waals surface area contributed by atoms with Crippen molar-refractivity contribution < 1.29 is 271 Å². The fraction of sp³-hybridized carbons (Fsp3) is 0.0455. The molecule has 0 aliphatic carbocycles. The predicted molar refractivity (Wildman–Crippen MR) is 305 cm³/mol. The number of nitrogen functional groups attached to an aromatic ring is 2. The molecular formula is C44H32ClN17Na6O21S7. The number of nitrogens with one attached hydrogen (secondary N) is 5. The molecule has 6 aromatic carbocycles. The van der Waals surface area contributed by atoms with Crippen LogP contribution in [-0.2, 0) is 73.5 Å². The second kappa shape index (κ2) is 39.8. The van der Waals surface area contributed by atoms with Crippen LogP contribution < -0.4 is 226 Å². The zero-order valence-corrected chi connectivity index (χ0v) is 68.3. The van der Waals surface area contributed by atoms with Crippen LogP contribution in [0.1, 0.15) is 0 Å². The summed E-state index contributed by atoms with van der Waals surface area (Å²) >= 11 is 7.01. The smallest absolute Gasteiger partial charge is 0.744 e. The summed E-state index contributed by atoms with van der Waals surface area (Å²) in [5, 5.41) is 57.6. The number of nitrogens with zero attached hydrogens (tertiary/aromatic N) is 10. The van der Waals surface area contributed by atoms with Gasteiger partial charge < -0.3 is 66.8 Å². The second-order valence-corrected chi connectivity index (χ2v) is 26.0. The van der Waals surface area contributed by atoms with Crippen molar-refractivity contribution in [2.24, 2.45) is 20.5 Å². The molecule has 9 N–H and O–H groups in total. The van der Waals surface area contributed by atoms with E-state index in [1.807, 2.05) is 0 Å². The Bertz CT molecular complexity index is 4720. The van der Waals surface area contributed by atoms with Crippen LogP contribution in [0.25, 0.3) is 0 Å². The summed E-state index contributed by atoms with van der Waals surface area (Å²) < 4.78 is 181. The fourth-order valence-corrected chi connectivity index (χ4v) is 11.3. The van der Waals surface area contributed by atoms with Crippen molar-refractivity contribution in [1.29, 1.82) is 0 Å². The SMILES string of the molecule is Nc1c(N=Nc2cc(Nc3nc(Cl)nc(Nc4ccc(S(=O)(=O)CCOS(=O)(=O)[O-])cc4)n3)ccc2S(=O)(=O)[O-])cc(S(=O)(=O)[O-])c(N)c1N=Nc1cc(Nc2nc(Nc3cccc(SOO[O-])c3)nc(Nc3cccc(S(=O)(=O)[O-])c3)n2)ccc1SOO[O-].[Na+].[Na+].[Na+].[Na+].[Na+].[Na+]. The molecule has 0 amide bonds. The molecule has 474 valence electrons. The molecule has 2 heterocycles. The first kappa shape index (κ1) is 89.5. The molecule has 96 heavy (non-hydrogen) atoms. The molecule has 2 aromatic heterocycles. The summed E-state index contributed by atoms with van der Waals surface area (Å²) in [6, 6.07) is 22.9. The van der Waals surface area contributed by atoms with Gasteiger partial charge in [-0.05, 0) is 115 Å². The Hall–Kier alpha value is -2.56. The molecule has 0 bridgehead atoms. The van der Waals surface area contributed by atoms with Gasteiger partial charge in [-0.2, -0.15) is 38.6 Å². The number of nitrogens with two attached hydrogens (primary N) is 2. The number of rotatable bonds is 28. The van der Waals surface area contributed by atoms with Gasteiger partial charge in [0.25, 0.3) is 0 Å². The van der Waals surface area contributed by atoms with Gasteiger partial charge in [-0.15, -0.1) is 20.5 Å². The first-order chi connectivity index (χ1) is 42.4. The van der Waals surface area contributed by atoms with Crippen LogP contribution in [0.4, 0.5) is 92.3 Å². The van der Waals surface area contributed by atoms with Crippen LogP contribution in [0.2, 0.25) is 5.28 Å². The number of sulfone groups is 1. The number of benzene rings is 6. The van der Waals surface area contributed by atoms with Crippen molar-refractivity contribution in [2.75, 3.05) is 50.4 Å². The molecule has 0 aliphatic rings. The van der Waals surface area contributed by atoms with Crippen LogP contribution in [0.15, 0.2) is 165 Å². The van der Waals surface area contributed by atoms with E-state index in [9.17, 15) is 70.8 Å². The summed E-state index contributed by atoms with van der Waals surface area (Å²) in [4.78, 5) is 22.3. The molecule has 38 nitrogen and oxygen atoms in total. The van der Waals surface area contributed by atoms with Crippen LogP contribution in [0.5, 0.6) is 0 Å². The third-order valence-electron chi connectivity index (χ3n) is 10.9. The Kier molecular flexibility index (Phi) is 37.1. The quantitative estimate of drug-likeness (QED) is 0.00350. The van der Waals surface area contributed by atoms with Crippen molar-refractivity contribution in [2.45, 2.75) is 29.4 Å². The minimum Gasteiger partial charge on any atom is -0.744 e. The monoisotopic (exact) mass is 1530 g/mol. The van der Waals surface area contributed by atoms with E-state index >= 15 is 0 Å². The summed E-state index contributed by atoms with van der Waals surface area (Å²) in [7, 11) is -25.1. The Morgan fingerprint density at radius 2 is 0.917 bits per heavy atom. The van der Waals surface area contributed by atoms with E-state index in [0.29, 0.717) is 28.7 Å². The standard InChI is InChI=1S/C44H38ClN17O21S7.6Na/c45-39-53-40(48-22-7-11-28(12-8-22)86(65,66)16-15-79-90(76,77)78)55-41(54-39)51-26-10-14-34(88(70,71)72)31(20-26)60-61-32-21-35(89(73,74)75)37(47)38(36(32)46)62-59-30-19-25(9-13-33(30)85-83-81-64)52-44-57-42(49-23-3-1-5-27(17-23)84-82-80-63)56-43(58-44)50-24-4-2-6-29(18-24)87(67,68)69;;;;;;/h1-14,17-21,63-64H,15-16,46-47H2,(H,67,68,69)(H,70,71,72)(H,73,74,75)(H,76,77,78)(H2,48,51,53,54,55)(H3,49,50,52,56,57,58);;;;;;/q;6*+1/p-6. The predicted octanol–water partition coefficient (Wildman–Crippen LogP) is -13.1. The molecule has 0 aliphatic heterocycles. The molecule has 0 unspecified atom stereocenters. The zero-order valence-electron chi connectivity index (χ0n) is 49.8. The van der Waals surface area contributed by atoms with Gasteiger partial charge >= 0.3 is 177 Å². The van der Waals surface area contributed by atoms with E-state index in [2.05, 4.69) is 99.9 Å². The molecule has 52 heteroatoms. The minimum absolute atomic E-state index is 0. The summed E-state index contributed by atoms with van der Waals surface area (Å²) in [6.07, 6.45) is 0. The van der Waals surface area contributed by atoms with Gasteiger partial charge in [-0.3, -0.25) is 14.3 Å². The van der Waals surface area contributed by atoms with Crippen LogP contribution in [0.3, 0.4) is 0 Å². The Labute approximate surface area is 690 Å². The molecule has 0 fully saturated rings. The van der Waals surface area contributed by atoms with E-state index < -0.39 is 111 Å². The number of halogens is 1. The van der Waals surface area contributed by atoms with E-state index in [0.717, 1.165) is 42.5 Å². The van der Waals surface area contributed by atoms with Crippen LogP contribution in [0, 0.1) is 0 Å². The molecule has 0 atom stereocenters. The van der Waals surface area contributed by atoms with Gasteiger partial charge in [0, 0.05) is 33.3 Å². The largest absolute Gasteiger partial charge is 1.00 e. The molecule has 0 spiro atoms. The topological polar surface area (TPSA) is 594 Å². The number of hydrogen-bond donors (Lipinski definition) is 7. The van der Waals surface area contributed by atoms with Gasteiger partial charge in [0.15, 0.2) is 9.84 Å². The summed E-state index contributed by atoms with van der Waals surface area (Å²) in [6.45, 7) is -0.932. The average molecular weight is 1530 g/mol. The molecule has 0 saturated heterocycles. The maximum atomic E-state index is 12.6. The number of anilines is 12. The first-order valence-corrected chi connectivity index (χ1v) is 32.6. The van der Waals surface area contributed by atoms with E-state index in [4.69, 9.17) is 23.1 Å². The Morgan fingerprint density at radius 3 is 1.45 bits per heavy atom. The normalized spacial score (nSPS) is 11.6. The third-order valence-corrected chi connectivity index (χ3v) is 17.0. The van der Waals surface area contributed by atoms with E-state index in [-0.39, 0.29) is 257 Å². The molecule has 8 aromatic rings. The molecule has 0 radical (unpaired) electrons. The van der Waals surface area contributed by atoms with Crippen LogP contribution >= 0.6 is 35.7 Å². The van der Waals surface area contributed by atoms with Crippen molar-refractivity contribution in [3.63, 3.8) is 0 Å². The number of azo groups is 2. The van der Waals surface area contributed by atoms with Crippen molar-refractivity contribution in [3.05, 3.63) is 121 Å². The third kappa shape index (κ3) is 26.7. The van der Waals surface area contributed by atoms with Gasteiger partial charge in [-0.25, -0.2) is 42.1 Å². The average Bonchev–Trinajstić information content (AvgIpc) is 0.789. The van der Waals surface area contributed by atoms with Gasteiger partial charge in [0.05, 0.1) is 72.3 Å². The summed E-state index contributed by atoms with van der Waals surface area (Å²) in [5.41, 5.74) is 9.00. The van der Waals surface area contributed by atoms with E-state index in [1.165, 1.54) is 48.5 Å². The Balaban J connectivity index is 0.00000523. The maximum Gasteiger partial charge on any atom is 1.00 e. The maximum absolute atomic E-state index is 12.6. The van der Waals surface area contributed by atoms with Gasteiger partial charge in [0.2, 0.25) is 45.4 Å². The van der Waals surface area contributed by atoms with Gasteiger partial charge in [0.1, 0.15) is 53.1 Å². The van der Waals surface area contributed by atoms with E-state index in [1.54, 1.807) is 18.2 Å². The van der Waals surface area contributed by atoms with Crippen molar-refractivity contribution in [1.82, 2.24) is 29.9 Å². The molecule has 8 rings (SSSR count). The number of aromatic nitrogens is 6. The number of hydrogen-bond acceptors (Lipinski definition) is 40. The summed E-state index contributed by atoms with van der Waals surface area (Å²) in [5.74, 6) is -2.11. The van der Waals surface area contributed by atoms with Crippen molar-refractivity contribution in [3.8, 4) is 0 Å². The second-order valence-electron chi connectivity index (χ2n) is 16.9. The van der Waals surface area contributed by atoms with Gasteiger partial charge in [-0.1, -0.05) is 12.1 Å². The van der Waals surface area contributed by atoms with Crippen molar-refractivity contribution >= 4 is 179 Å². The molecule has 0 saturated carbocycles. The van der Waals surface area contributed by atoms with Crippen LogP contribution in [-0.4, -0.2) is 103 Å².